The molecule has 1 amide bonds. The van der Waals surface area contributed by atoms with Crippen LogP contribution >= 0.6 is 0 Å². The number of carbonyl (C=O) groups is 1. The SMILES string of the molecule is Cc1cccc(C(=O)N2CCC3CNCC3C2)c1[N+](=O)[O-]. The van der Waals surface area contributed by atoms with Gasteiger partial charge in [0, 0.05) is 18.7 Å². The summed E-state index contributed by atoms with van der Waals surface area (Å²) in [5, 5.41) is 14.6. The van der Waals surface area contributed by atoms with Crippen molar-refractivity contribution in [3.63, 3.8) is 0 Å². The maximum Gasteiger partial charge on any atom is 0.285 e. The normalized spacial score (nSPS) is 24.7. The van der Waals surface area contributed by atoms with E-state index >= 15 is 0 Å². The highest BCUT2D eigenvalue weighted by Crippen LogP contribution is 2.30. The molecule has 1 aromatic rings. The lowest BCUT2D eigenvalue weighted by Gasteiger charge is -2.34. The van der Waals surface area contributed by atoms with Crippen LogP contribution in [0.2, 0.25) is 0 Å². The molecule has 112 valence electrons. The molecule has 2 unspecified atom stereocenters. The van der Waals surface area contributed by atoms with E-state index in [1.54, 1.807) is 30.0 Å². The first-order chi connectivity index (χ1) is 10.1. The zero-order valence-electron chi connectivity index (χ0n) is 12.0. The zero-order chi connectivity index (χ0) is 15.0. The molecule has 2 fully saturated rings. The van der Waals surface area contributed by atoms with E-state index in [2.05, 4.69) is 5.32 Å². The number of hydrogen-bond donors (Lipinski definition) is 1. The number of nitro groups is 1. The maximum absolute atomic E-state index is 12.7. The number of likely N-dealkylation sites (tertiary alicyclic amines) is 1. The highest BCUT2D eigenvalue weighted by atomic mass is 16.6. The molecule has 2 saturated heterocycles. The maximum atomic E-state index is 12.7. The molecule has 2 aliphatic heterocycles. The van der Waals surface area contributed by atoms with E-state index in [1.165, 1.54) is 0 Å². The third-order valence-electron chi connectivity index (χ3n) is 4.64. The minimum absolute atomic E-state index is 0.0610. The first-order valence-corrected chi connectivity index (χ1v) is 7.32. The summed E-state index contributed by atoms with van der Waals surface area (Å²) >= 11 is 0. The number of benzene rings is 1. The Balaban J connectivity index is 1.86. The topological polar surface area (TPSA) is 75.5 Å². The predicted octanol–water partition coefficient (Wildman–Crippen LogP) is 1.58. The minimum atomic E-state index is -0.452. The Morgan fingerprint density at radius 2 is 2.14 bits per heavy atom. The van der Waals surface area contributed by atoms with Gasteiger partial charge in [0.05, 0.1) is 4.92 Å². The smallest absolute Gasteiger partial charge is 0.285 e. The average molecular weight is 289 g/mol. The van der Waals surface area contributed by atoms with Gasteiger partial charge in [0.25, 0.3) is 11.6 Å². The number of aryl methyl sites for hydroxylation is 1. The molecular weight excluding hydrogens is 270 g/mol. The molecule has 2 aliphatic rings. The van der Waals surface area contributed by atoms with Crippen molar-refractivity contribution in [2.75, 3.05) is 26.2 Å². The van der Waals surface area contributed by atoms with Crippen LogP contribution in [0.15, 0.2) is 18.2 Å². The largest absolute Gasteiger partial charge is 0.338 e. The second kappa shape index (κ2) is 5.44. The van der Waals surface area contributed by atoms with Crippen LogP contribution in [0, 0.1) is 28.9 Å². The standard InChI is InChI=1S/C15H19N3O3/c1-10-3-2-4-13(14(10)18(20)21)15(19)17-6-5-11-7-16-8-12(11)9-17/h2-4,11-12,16H,5-9H2,1H3. The van der Waals surface area contributed by atoms with Crippen molar-refractivity contribution in [3.05, 3.63) is 39.4 Å². The summed E-state index contributed by atoms with van der Waals surface area (Å²) in [6, 6.07) is 4.94. The van der Waals surface area contributed by atoms with Crippen LogP contribution in [0.1, 0.15) is 22.3 Å². The van der Waals surface area contributed by atoms with Crippen LogP contribution in [0.3, 0.4) is 0 Å². The second-order valence-corrected chi connectivity index (χ2v) is 5.95. The van der Waals surface area contributed by atoms with Crippen LogP contribution < -0.4 is 5.32 Å². The molecule has 3 rings (SSSR count). The molecule has 2 atom stereocenters. The van der Waals surface area contributed by atoms with Crippen LogP contribution in [-0.2, 0) is 0 Å². The summed E-state index contributed by atoms with van der Waals surface area (Å²) in [6.45, 7) is 5.01. The molecule has 0 bridgehead atoms. The van der Waals surface area contributed by atoms with Crippen molar-refractivity contribution in [2.45, 2.75) is 13.3 Å². The highest BCUT2D eigenvalue weighted by Gasteiger charge is 2.36. The van der Waals surface area contributed by atoms with E-state index in [0.29, 0.717) is 30.5 Å². The first-order valence-electron chi connectivity index (χ1n) is 7.32. The van der Waals surface area contributed by atoms with E-state index in [4.69, 9.17) is 0 Å². The lowest BCUT2D eigenvalue weighted by Crippen LogP contribution is -2.43. The molecule has 6 nitrogen and oxygen atoms in total. The number of nitrogens with one attached hydrogen (secondary N) is 1. The van der Waals surface area contributed by atoms with Gasteiger partial charge in [0.1, 0.15) is 5.56 Å². The quantitative estimate of drug-likeness (QED) is 0.662. The van der Waals surface area contributed by atoms with Gasteiger partial charge in [-0.05, 0) is 44.3 Å². The summed E-state index contributed by atoms with van der Waals surface area (Å²) in [4.78, 5) is 25.2. The van der Waals surface area contributed by atoms with Gasteiger partial charge in [-0.25, -0.2) is 0 Å². The fraction of sp³-hybridized carbons (Fsp3) is 0.533. The minimum Gasteiger partial charge on any atom is -0.338 e. The Kier molecular flexibility index (Phi) is 3.63. The summed E-state index contributed by atoms with van der Waals surface area (Å²) in [5.41, 5.74) is 0.682. The molecule has 21 heavy (non-hydrogen) atoms. The van der Waals surface area contributed by atoms with Crippen molar-refractivity contribution < 1.29 is 9.72 Å². The van der Waals surface area contributed by atoms with Gasteiger partial charge in [0.2, 0.25) is 0 Å². The summed E-state index contributed by atoms with van der Waals surface area (Å²) < 4.78 is 0. The summed E-state index contributed by atoms with van der Waals surface area (Å²) in [5.74, 6) is 0.906. The van der Waals surface area contributed by atoms with Crippen molar-refractivity contribution in [3.8, 4) is 0 Å². The first kappa shape index (κ1) is 14.0. The van der Waals surface area contributed by atoms with E-state index in [9.17, 15) is 14.9 Å². The van der Waals surface area contributed by atoms with Crippen LogP contribution in [0.4, 0.5) is 5.69 Å². The van der Waals surface area contributed by atoms with Gasteiger partial charge >= 0.3 is 0 Å². The Labute approximate surface area is 123 Å². The summed E-state index contributed by atoms with van der Waals surface area (Å²) in [6.07, 6.45) is 0.975. The van der Waals surface area contributed by atoms with Crippen molar-refractivity contribution >= 4 is 11.6 Å². The summed E-state index contributed by atoms with van der Waals surface area (Å²) in [7, 11) is 0. The fourth-order valence-corrected chi connectivity index (χ4v) is 3.46. The van der Waals surface area contributed by atoms with Crippen molar-refractivity contribution in [1.29, 1.82) is 0 Å². The molecule has 1 N–H and O–H groups in total. The molecule has 6 heteroatoms. The number of carbonyl (C=O) groups excluding carboxylic acids is 1. The average Bonchev–Trinajstić information content (AvgIpc) is 2.93. The number of para-hydroxylation sites is 1. The van der Waals surface area contributed by atoms with Crippen molar-refractivity contribution in [1.82, 2.24) is 10.2 Å². The Bertz CT molecular complexity index is 588. The number of hydrogen-bond acceptors (Lipinski definition) is 4. The number of nitrogens with zero attached hydrogens (tertiary/aromatic N) is 2. The van der Waals surface area contributed by atoms with E-state index in [1.807, 2.05) is 0 Å². The third-order valence-corrected chi connectivity index (χ3v) is 4.64. The number of amides is 1. The molecule has 0 radical (unpaired) electrons. The zero-order valence-corrected chi connectivity index (χ0v) is 12.0. The monoisotopic (exact) mass is 289 g/mol. The molecule has 0 spiro atoms. The Morgan fingerprint density at radius 3 is 2.90 bits per heavy atom. The van der Waals surface area contributed by atoms with Gasteiger partial charge in [-0.15, -0.1) is 0 Å². The van der Waals surface area contributed by atoms with Gasteiger partial charge in [-0.3, -0.25) is 14.9 Å². The fourth-order valence-electron chi connectivity index (χ4n) is 3.46. The number of nitro benzene ring substituents is 1. The molecule has 1 aromatic carbocycles. The number of piperidine rings is 1. The Morgan fingerprint density at radius 1 is 1.38 bits per heavy atom. The molecular formula is C15H19N3O3. The van der Waals surface area contributed by atoms with Gasteiger partial charge < -0.3 is 10.2 Å². The highest BCUT2D eigenvalue weighted by molar-refractivity contribution is 5.98. The second-order valence-electron chi connectivity index (χ2n) is 5.95. The third kappa shape index (κ3) is 2.51. The predicted molar refractivity (Wildman–Crippen MR) is 78.2 cm³/mol. The van der Waals surface area contributed by atoms with Gasteiger partial charge in [0.15, 0.2) is 0 Å². The Hall–Kier alpha value is -1.95. The van der Waals surface area contributed by atoms with E-state index < -0.39 is 4.92 Å². The molecule has 0 aliphatic carbocycles. The number of fused-ring (bicyclic) bond motifs is 1. The lowest BCUT2D eigenvalue weighted by atomic mass is 9.88. The number of rotatable bonds is 2. The van der Waals surface area contributed by atoms with Gasteiger partial charge in [-0.1, -0.05) is 12.1 Å². The van der Waals surface area contributed by atoms with Crippen LogP contribution in [0.25, 0.3) is 0 Å². The van der Waals surface area contributed by atoms with E-state index in [0.717, 1.165) is 19.5 Å². The van der Waals surface area contributed by atoms with E-state index in [-0.39, 0.29) is 17.2 Å². The van der Waals surface area contributed by atoms with Gasteiger partial charge in [-0.2, -0.15) is 0 Å². The van der Waals surface area contributed by atoms with Crippen LogP contribution in [0.5, 0.6) is 0 Å². The molecule has 0 saturated carbocycles. The van der Waals surface area contributed by atoms with Crippen LogP contribution in [-0.4, -0.2) is 41.9 Å². The molecule has 2 heterocycles. The molecule has 0 aromatic heterocycles. The van der Waals surface area contributed by atoms with Crippen molar-refractivity contribution in [2.24, 2.45) is 11.8 Å². The lowest BCUT2D eigenvalue weighted by molar-refractivity contribution is -0.385.